The molecule has 0 saturated heterocycles. The number of hydrogen-bond donors (Lipinski definition) is 1. The lowest BCUT2D eigenvalue weighted by Crippen LogP contribution is -2.13. The van der Waals surface area contributed by atoms with Crippen LogP contribution in [0.25, 0.3) is 17.1 Å². The van der Waals surface area contributed by atoms with E-state index >= 15 is 0 Å². The lowest BCUT2D eigenvalue weighted by Gasteiger charge is -2.10. The summed E-state index contributed by atoms with van der Waals surface area (Å²) >= 11 is 0. The highest BCUT2D eigenvalue weighted by Gasteiger charge is 2.16. The van der Waals surface area contributed by atoms with E-state index in [0.717, 1.165) is 16.8 Å². The average Bonchev–Trinajstić information content (AvgIpc) is 3.19. The zero-order valence-corrected chi connectivity index (χ0v) is 17.2. The zero-order chi connectivity index (χ0) is 21.8. The van der Waals surface area contributed by atoms with Gasteiger partial charge in [-0.3, -0.25) is 4.79 Å². The molecule has 156 valence electrons. The molecular formula is C24H21FN4O2. The van der Waals surface area contributed by atoms with Crippen molar-refractivity contribution in [3.05, 3.63) is 89.7 Å². The van der Waals surface area contributed by atoms with E-state index in [2.05, 4.69) is 15.4 Å². The molecule has 0 spiro atoms. The Morgan fingerprint density at radius 1 is 1.03 bits per heavy atom. The van der Waals surface area contributed by atoms with Crippen molar-refractivity contribution in [2.24, 2.45) is 0 Å². The number of nitrogens with one attached hydrogen (secondary N) is 1. The predicted molar refractivity (Wildman–Crippen MR) is 117 cm³/mol. The third kappa shape index (κ3) is 4.30. The number of halogens is 1. The molecule has 1 amide bonds. The number of amides is 1. The van der Waals surface area contributed by atoms with Crippen molar-refractivity contribution in [3.63, 3.8) is 0 Å². The summed E-state index contributed by atoms with van der Waals surface area (Å²) in [4.78, 5) is 16.9. The number of hydrogen-bond acceptors (Lipinski definition) is 4. The van der Waals surface area contributed by atoms with Gasteiger partial charge in [0.25, 0.3) is 5.91 Å². The molecule has 0 aliphatic rings. The maximum atomic E-state index is 13.8. The van der Waals surface area contributed by atoms with Crippen LogP contribution in [-0.2, 0) is 0 Å². The fourth-order valence-corrected chi connectivity index (χ4v) is 3.19. The number of anilines is 1. The molecule has 0 unspecified atom stereocenters. The van der Waals surface area contributed by atoms with Crippen molar-refractivity contribution in [2.45, 2.75) is 13.8 Å². The van der Waals surface area contributed by atoms with Crippen molar-refractivity contribution in [1.82, 2.24) is 14.8 Å². The molecular weight excluding hydrogens is 395 g/mol. The molecule has 31 heavy (non-hydrogen) atoms. The van der Waals surface area contributed by atoms with E-state index in [1.54, 1.807) is 28.9 Å². The van der Waals surface area contributed by atoms with E-state index < -0.39 is 11.7 Å². The Hall–Kier alpha value is -4.00. The third-order valence-corrected chi connectivity index (χ3v) is 4.74. The molecule has 4 rings (SSSR count). The fraction of sp³-hybridized carbons (Fsp3) is 0.125. The maximum Gasteiger partial charge on any atom is 0.336 e. The molecule has 4 aromatic rings. The van der Waals surface area contributed by atoms with Gasteiger partial charge >= 0.3 is 6.01 Å². The van der Waals surface area contributed by atoms with E-state index in [1.165, 1.54) is 12.1 Å². The van der Waals surface area contributed by atoms with E-state index in [-0.39, 0.29) is 11.6 Å². The molecule has 1 aromatic heterocycles. The molecule has 0 saturated carbocycles. The molecule has 1 heterocycles. The van der Waals surface area contributed by atoms with Gasteiger partial charge in [-0.1, -0.05) is 36.4 Å². The number of nitrogens with zero attached hydrogens (tertiary/aromatic N) is 3. The SMILES string of the molecule is CCOc1nc(-c2ccccc2C)n(-c2ccc(NC(=O)c3ccccc3F)cc2)n1. The first-order valence-electron chi connectivity index (χ1n) is 9.89. The lowest BCUT2D eigenvalue weighted by molar-refractivity contribution is 0.102. The second kappa shape index (κ2) is 8.79. The Morgan fingerprint density at radius 2 is 1.74 bits per heavy atom. The normalized spacial score (nSPS) is 10.7. The zero-order valence-electron chi connectivity index (χ0n) is 17.2. The van der Waals surface area contributed by atoms with E-state index in [9.17, 15) is 9.18 Å². The van der Waals surface area contributed by atoms with Gasteiger partial charge in [-0.15, -0.1) is 5.10 Å². The van der Waals surface area contributed by atoms with Crippen LogP contribution in [0.1, 0.15) is 22.8 Å². The Bertz CT molecular complexity index is 1220. The summed E-state index contributed by atoms with van der Waals surface area (Å²) in [6.07, 6.45) is 0. The van der Waals surface area contributed by atoms with Gasteiger partial charge in [-0.25, -0.2) is 9.07 Å². The third-order valence-electron chi connectivity index (χ3n) is 4.74. The Morgan fingerprint density at radius 3 is 2.45 bits per heavy atom. The number of benzene rings is 3. The molecule has 0 aliphatic heterocycles. The molecule has 0 radical (unpaired) electrons. The summed E-state index contributed by atoms with van der Waals surface area (Å²) in [5.74, 6) is -0.416. The first kappa shape index (κ1) is 20.3. The van der Waals surface area contributed by atoms with Gasteiger partial charge in [0.2, 0.25) is 0 Å². The molecule has 3 aromatic carbocycles. The molecule has 1 N–H and O–H groups in total. The maximum absolute atomic E-state index is 13.8. The van der Waals surface area contributed by atoms with Gasteiger partial charge in [0.15, 0.2) is 5.82 Å². The minimum atomic E-state index is -0.564. The fourth-order valence-electron chi connectivity index (χ4n) is 3.19. The number of carbonyl (C=O) groups is 1. The average molecular weight is 416 g/mol. The van der Waals surface area contributed by atoms with Crippen molar-refractivity contribution in [1.29, 1.82) is 0 Å². The van der Waals surface area contributed by atoms with Crippen molar-refractivity contribution >= 4 is 11.6 Å². The highest BCUT2D eigenvalue weighted by atomic mass is 19.1. The van der Waals surface area contributed by atoms with Crippen LogP contribution >= 0.6 is 0 Å². The Labute approximate surface area is 179 Å². The van der Waals surface area contributed by atoms with Gasteiger partial charge in [-0.2, -0.15) is 4.98 Å². The van der Waals surface area contributed by atoms with Gasteiger partial charge in [0.1, 0.15) is 5.82 Å². The monoisotopic (exact) mass is 416 g/mol. The quantitative estimate of drug-likeness (QED) is 0.479. The van der Waals surface area contributed by atoms with Crippen LogP contribution in [0.15, 0.2) is 72.8 Å². The minimum absolute atomic E-state index is 0.00829. The summed E-state index contributed by atoms with van der Waals surface area (Å²) in [5, 5.41) is 7.19. The summed E-state index contributed by atoms with van der Waals surface area (Å²) in [6, 6.07) is 21.1. The number of carbonyl (C=O) groups excluding carboxylic acids is 1. The second-order valence-corrected chi connectivity index (χ2v) is 6.86. The topological polar surface area (TPSA) is 69.0 Å². The van der Waals surface area contributed by atoms with Crippen molar-refractivity contribution < 1.29 is 13.9 Å². The molecule has 0 bridgehead atoms. The Kier molecular flexibility index (Phi) is 5.75. The van der Waals surface area contributed by atoms with Crippen LogP contribution in [0.2, 0.25) is 0 Å². The molecule has 0 atom stereocenters. The second-order valence-electron chi connectivity index (χ2n) is 6.86. The van der Waals surface area contributed by atoms with Gasteiger partial charge in [-0.05, 0) is 55.8 Å². The van der Waals surface area contributed by atoms with Gasteiger partial charge in [0, 0.05) is 11.3 Å². The van der Waals surface area contributed by atoms with Gasteiger partial charge < -0.3 is 10.1 Å². The number of ether oxygens (including phenoxy) is 1. The highest BCUT2D eigenvalue weighted by Crippen LogP contribution is 2.27. The van der Waals surface area contributed by atoms with Gasteiger partial charge in [0.05, 0.1) is 17.9 Å². The van der Waals surface area contributed by atoms with Crippen LogP contribution in [0.4, 0.5) is 10.1 Å². The summed E-state index contributed by atoms with van der Waals surface area (Å²) in [5.41, 5.74) is 3.29. The van der Waals surface area contributed by atoms with Crippen LogP contribution in [0.5, 0.6) is 6.01 Å². The van der Waals surface area contributed by atoms with Crippen LogP contribution in [0.3, 0.4) is 0 Å². The van der Waals surface area contributed by atoms with E-state index in [4.69, 9.17) is 4.74 Å². The van der Waals surface area contributed by atoms with Crippen molar-refractivity contribution in [2.75, 3.05) is 11.9 Å². The molecule has 6 nitrogen and oxygen atoms in total. The molecule has 0 fully saturated rings. The van der Waals surface area contributed by atoms with Crippen LogP contribution < -0.4 is 10.1 Å². The summed E-state index contributed by atoms with van der Waals surface area (Å²) in [7, 11) is 0. The number of aromatic nitrogens is 3. The van der Waals surface area contributed by atoms with Crippen LogP contribution in [-0.4, -0.2) is 27.3 Å². The number of rotatable bonds is 6. The van der Waals surface area contributed by atoms with Crippen LogP contribution in [0, 0.1) is 12.7 Å². The number of aryl methyl sites for hydroxylation is 1. The standard InChI is InChI=1S/C24H21FN4O2/c1-3-31-24-27-22(19-9-5-4-8-16(19)2)29(28-24)18-14-12-17(13-15-18)26-23(30)20-10-6-7-11-21(20)25/h4-15H,3H2,1-2H3,(H,26,30). The lowest BCUT2D eigenvalue weighted by atomic mass is 10.1. The molecule has 7 heteroatoms. The summed E-state index contributed by atoms with van der Waals surface area (Å²) < 4.78 is 21.1. The predicted octanol–water partition coefficient (Wildman–Crippen LogP) is 5.03. The van der Waals surface area contributed by atoms with Crippen molar-refractivity contribution in [3.8, 4) is 23.1 Å². The Balaban J connectivity index is 1.64. The first-order chi connectivity index (χ1) is 15.1. The minimum Gasteiger partial charge on any atom is -0.463 e. The molecule has 0 aliphatic carbocycles. The van der Waals surface area contributed by atoms with E-state index in [1.807, 2.05) is 50.2 Å². The smallest absolute Gasteiger partial charge is 0.336 e. The first-order valence-corrected chi connectivity index (χ1v) is 9.89. The largest absolute Gasteiger partial charge is 0.463 e. The van der Waals surface area contributed by atoms with E-state index in [0.29, 0.717) is 18.1 Å². The summed E-state index contributed by atoms with van der Waals surface area (Å²) in [6.45, 7) is 4.34. The highest BCUT2D eigenvalue weighted by molar-refractivity contribution is 6.04.